The molecule has 2 atom stereocenters. The van der Waals surface area contributed by atoms with E-state index in [0.717, 1.165) is 12.5 Å². The lowest BCUT2D eigenvalue weighted by Gasteiger charge is -2.36. The van der Waals surface area contributed by atoms with E-state index in [9.17, 15) is 0 Å². The highest BCUT2D eigenvalue weighted by atomic mass is 32.2. The van der Waals surface area contributed by atoms with Crippen molar-refractivity contribution in [2.45, 2.75) is 51.1 Å². The van der Waals surface area contributed by atoms with Gasteiger partial charge in [-0.25, -0.2) is 0 Å². The monoisotopic (exact) mass is 244 g/mol. The van der Waals surface area contributed by atoms with Crippen LogP contribution in [0.3, 0.4) is 0 Å². The Bertz CT molecular complexity index is 181. The second-order valence-electron chi connectivity index (χ2n) is 5.14. The van der Waals surface area contributed by atoms with Crippen LogP contribution in [0.2, 0.25) is 0 Å². The number of nitrogens with two attached hydrogens (primary N) is 1. The molecular formula is C13H28N2S. The average Bonchev–Trinajstić information content (AvgIpc) is 2.80. The fraction of sp³-hybridized carbons (Fsp3) is 1.00. The van der Waals surface area contributed by atoms with E-state index in [0.29, 0.717) is 12.1 Å². The summed E-state index contributed by atoms with van der Waals surface area (Å²) in [5.41, 5.74) is 5.97. The van der Waals surface area contributed by atoms with Gasteiger partial charge < -0.3 is 5.73 Å². The summed E-state index contributed by atoms with van der Waals surface area (Å²) in [4.78, 5) is 2.53. The van der Waals surface area contributed by atoms with Crippen molar-refractivity contribution in [2.24, 2.45) is 11.7 Å². The molecule has 0 heterocycles. The minimum atomic E-state index is 0.611. The third-order valence-corrected chi connectivity index (χ3v) is 4.79. The number of hydrogen-bond acceptors (Lipinski definition) is 3. The molecular weight excluding hydrogens is 216 g/mol. The zero-order chi connectivity index (χ0) is 12.0. The molecule has 1 saturated carbocycles. The molecule has 0 bridgehead atoms. The summed E-state index contributed by atoms with van der Waals surface area (Å²) in [5, 5.41) is 0. The first-order chi connectivity index (χ1) is 7.70. The van der Waals surface area contributed by atoms with Crippen molar-refractivity contribution in [3.8, 4) is 0 Å². The maximum Gasteiger partial charge on any atom is 0.0246 e. The zero-order valence-electron chi connectivity index (χ0n) is 11.1. The van der Waals surface area contributed by atoms with Gasteiger partial charge in [-0.1, -0.05) is 12.8 Å². The van der Waals surface area contributed by atoms with E-state index in [-0.39, 0.29) is 0 Å². The van der Waals surface area contributed by atoms with E-state index in [2.05, 4.69) is 25.1 Å². The number of hydrogen-bond donors (Lipinski definition) is 1. The van der Waals surface area contributed by atoms with E-state index in [1.807, 2.05) is 11.8 Å². The third kappa shape index (κ3) is 3.94. The normalized spacial score (nSPS) is 21.6. The predicted octanol–water partition coefficient (Wildman–Crippen LogP) is 2.58. The molecule has 16 heavy (non-hydrogen) atoms. The molecule has 0 spiro atoms. The van der Waals surface area contributed by atoms with Crippen molar-refractivity contribution in [1.82, 2.24) is 4.90 Å². The van der Waals surface area contributed by atoms with E-state index < -0.39 is 0 Å². The molecule has 3 heteroatoms. The Balaban J connectivity index is 2.43. The average molecular weight is 244 g/mol. The highest BCUT2D eigenvalue weighted by Gasteiger charge is 2.28. The molecule has 2 unspecified atom stereocenters. The lowest BCUT2D eigenvalue weighted by atomic mass is 9.95. The summed E-state index contributed by atoms with van der Waals surface area (Å²) in [5.74, 6) is 2.11. The highest BCUT2D eigenvalue weighted by molar-refractivity contribution is 7.98. The molecule has 2 nitrogen and oxygen atoms in total. The van der Waals surface area contributed by atoms with Gasteiger partial charge in [-0.2, -0.15) is 11.8 Å². The van der Waals surface area contributed by atoms with Crippen LogP contribution in [-0.4, -0.2) is 42.6 Å². The standard InChI is InChI=1S/C13H28N2S/c1-11(8-9-16-3)15(2)13(10-14)12-6-4-5-7-12/h11-13H,4-10,14H2,1-3H3. The molecule has 0 amide bonds. The Morgan fingerprint density at radius 3 is 2.50 bits per heavy atom. The molecule has 0 aromatic rings. The molecule has 1 rings (SSSR count). The van der Waals surface area contributed by atoms with Gasteiger partial charge in [0.2, 0.25) is 0 Å². The van der Waals surface area contributed by atoms with Crippen molar-refractivity contribution in [2.75, 3.05) is 25.6 Å². The molecule has 2 N–H and O–H groups in total. The summed E-state index contributed by atoms with van der Waals surface area (Å²) in [6.07, 6.45) is 9.07. The SMILES string of the molecule is CSCCC(C)N(C)C(CN)C1CCCC1. The van der Waals surface area contributed by atoms with Crippen LogP contribution in [0.15, 0.2) is 0 Å². The van der Waals surface area contributed by atoms with E-state index in [4.69, 9.17) is 5.73 Å². The van der Waals surface area contributed by atoms with Gasteiger partial charge in [0.1, 0.15) is 0 Å². The molecule has 0 aromatic heterocycles. The van der Waals surface area contributed by atoms with E-state index in [1.165, 1.54) is 37.9 Å². The van der Waals surface area contributed by atoms with Gasteiger partial charge in [0, 0.05) is 18.6 Å². The van der Waals surface area contributed by atoms with Crippen LogP contribution in [0, 0.1) is 5.92 Å². The topological polar surface area (TPSA) is 29.3 Å². The summed E-state index contributed by atoms with van der Waals surface area (Å²) in [7, 11) is 2.26. The number of rotatable bonds is 7. The van der Waals surface area contributed by atoms with Crippen LogP contribution in [0.4, 0.5) is 0 Å². The maximum atomic E-state index is 5.97. The number of nitrogens with zero attached hydrogens (tertiary/aromatic N) is 1. The zero-order valence-corrected chi connectivity index (χ0v) is 11.9. The van der Waals surface area contributed by atoms with Crippen molar-refractivity contribution in [1.29, 1.82) is 0 Å². The first-order valence-corrected chi connectivity index (χ1v) is 8.01. The molecule has 1 fully saturated rings. The van der Waals surface area contributed by atoms with Gasteiger partial charge >= 0.3 is 0 Å². The minimum absolute atomic E-state index is 0.611. The summed E-state index contributed by atoms with van der Waals surface area (Å²) >= 11 is 1.94. The van der Waals surface area contributed by atoms with Crippen LogP contribution in [0.1, 0.15) is 39.0 Å². The van der Waals surface area contributed by atoms with Crippen LogP contribution in [0.25, 0.3) is 0 Å². The maximum absolute atomic E-state index is 5.97. The van der Waals surface area contributed by atoms with Crippen molar-refractivity contribution in [3.63, 3.8) is 0 Å². The minimum Gasteiger partial charge on any atom is -0.329 e. The van der Waals surface area contributed by atoms with Gasteiger partial charge in [0.25, 0.3) is 0 Å². The van der Waals surface area contributed by atoms with Crippen molar-refractivity contribution in [3.05, 3.63) is 0 Å². The Labute approximate surface area is 105 Å². The quantitative estimate of drug-likeness (QED) is 0.746. The number of likely N-dealkylation sites (N-methyl/N-ethyl adjacent to an activating group) is 1. The highest BCUT2D eigenvalue weighted by Crippen LogP contribution is 2.30. The third-order valence-electron chi connectivity index (χ3n) is 4.14. The van der Waals surface area contributed by atoms with Gasteiger partial charge in [0.05, 0.1) is 0 Å². The number of thioether (sulfide) groups is 1. The van der Waals surface area contributed by atoms with E-state index >= 15 is 0 Å². The molecule has 0 saturated heterocycles. The molecule has 0 radical (unpaired) electrons. The molecule has 0 aromatic carbocycles. The van der Waals surface area contributed by atoms with Crippen LogP contribution < -0.4 is 5.73 Å². The van der Waals surface area contributed by atoms with Gasteiger partial charge in [-0.3, -0.25) is 4.90 Å². The van der Waals surface area contributed by atoms with Crippen LogP contribution in [0.5, 0.6) is 0 Å². The van der Waals surface area contributed by atoms with Crippen LogP contribution >= 0.6 is 11.8 Å². The van der Waals surface area contributed by atoms with Gasteiger partial charge in [0.15, 0.2) is 0 Å². The fourth-order valence-electron chi connectivity index (χ4n) is 2.85. The largest absolute Gasteiger partial charge is 0.329 e. The summed E-state index contributed by atoms with van der Waals surface area (Å²) < 4.78 is 0. The molecule has 0 aliphatic heterocycles. The Kier molecular flexibility index (Phi) is 6.78. The first-order valence-electron chi connectivity index (χ1n) is 6.61. The molecule has 1 aliphatic carbocycles. The Morgan fingerprint density at radius 2 is 2.00 bits per heavy atom. The molecule has 96 valence electrons. The second kappa shape index (κ2) is 7.57. The summed E-state index contributed by atoms with van der Waals surface area (Å²) in [6, 6.07) is 1.28. The van der Waals surface area contributed by atoms with Gasteiger partial charge in [-0.15, -0.1) is 0 Å². The lowest BCUT2D eigenvalue weighted by molar-refractivity contribution is 0.135. The van der Waals surface area contributed by atoms with Crippen molar-refractivity contribution >= 4 is 11.8 Å². The van der Waals surface area contributed by atoms with Crippen LogP contribution in [-0.2, 0) is 0 Å². The van der Waals surface area contributed by atoms with Crippen molar-refractivity contribution < 1.29 is 0 Å². The first kappa shape index (κ1) is 14.3. The van der Waals surface area contributed by atoms with E-state index in [1.54, 1.807) is 0 Å². The fourth-order valence-corrected chi connectivity index (χ4v) is 3.43. The predicted molar refractivity (Wildman–Crippen MR) is 75.0 cm³/mol. The second-order valence-corrected chi connectivity index (χ2v) is 6.13. The van der Waals surface area contributed by atoms with Gasteiger partial charge in [-0.05, 0) is 51.2 Å². The Hall–Kier alpha value is 0.270. The lowest BCUT2D eigenvalue weighted by Crippen LogP contribution is -2.47. The summed E-state index contributed by atoms with van der Waals surface area (Å²) in [6.45, 7) is 3.17. The molecule has 1 aliphatic rings. The smallest absolute Gasteiger partial charge is 0.0246 e. The Morgan fingerprint density at radius 1 is 1.38 bits per heavy atom.